The van der Waals surface area contributed by atoms with Crippen molar-refractivity contribution in [2.45, 2.75) is 13.8 Å². The lowest BCUT2D eigenvalue weighted by molar-refractivity contribution is -0.384. The van der Waals surface area contributed by atoms with Crippen molar-refractivity contribution in [2.24, 2.45) is 0 Å². The number of amides is 1. The molecule has 0 unspecified atom stereocenters. The molecule has 1 aromatic heterocycles. The van der Waals surface area contributed by atoms with Gasteiger partial charge in [0.05, 0.1) is 17.6 Å². The van der Waals surface area contributed by atoms with E-state index in [9.17, 15) is 14.9 Å². The molecule has 8 heteroatoms. The third-order valence-corrected chi connectivity index (χ3v) is 3.86. The molecule has 3 aromatic rings. The number of aryl methyl sites for hydroxylation is 1. The van der Waals surface area contributed by atoms with Gasteiger partial charge >= 0.3 is 0 Å². The van der Waals surface area contributed by atoms with Gasteiger partial charge in [0.2, 0.25) is 0 Å². The van der Waals surface area contributed by atoms with Crippen LogP contribution in [0.5, 0.6) is 5.75 Å². The van der Waals surface area contributed by atoms with Crippen LogP contribution in [0.4, 0.5) is 11.4 Å². The maximum atomic E-state index is 12.8. The molecular weight excluding hydrogens is 350 g/mol. The van der Waals surface area contributed by atoms with E-state index < -0.39 is 10.8 Å². The number of carbonyl (C=O) groups excluding carboxylic acids is 1. The van der Waals surface area contributed by atoms with Crippen molar-refractivity contribution >= 4 is 17.3 Å². The van der Waals surface area contributed by atoms with Crippen molar-refractivity contribution in [2.75, 3.05) is 11.9 Å². The normalized spacial score (nSPS) is 10.4. The molecule has 8 nitrogen and oxygen atoms in total. The number of hydrogen-bond acceptors (Lipinski definition) is 6. The van der Waals surface area contributed by atoms with Crippen LogP contribution in [0.15, 0.2) is 53.1 Å². The zero-order valence-electron chi connectivity index (χ0n) is 14.8. The van der Waals surface area contributed by atoms with E-state index in [1.54, 1.807) is 32.0 Å². The van der Waals surface area contributed by atoms with Crippen molar-refractivity contribution < 1.29 is 19.0 Å². The Morgan fingerprint density at radius 3 is 2.67 bits per heavy atom. The molecule has 138 valence electrons. The minimum atomic E-state index is -0.573. The van der Waals surface area contributed by atoms with Gasteiger partial charge in [0.25, 0.3) is 11.6 Å². The lowest BCUT2D eigenvalue weighted by atomic mass is 10.1. The van der Waals surface area contributed by atoms with Crippen LogP contribution in [0, 0.1) is 17.0 Å². The number of anilines is 1. The summed E-state index contributed by atoms with van der Waals surface area (Å²) in [5.41, 5.74) is 1.11. The molecule has 27 heavy (non-hydrogen) atoms. The Hall–Kier alpha value is -3.68. The van der Waals surface area contributed by atoms with Gasteiger partial charge in [-0.25, -0.2) is 0 Å². The lowest BCUT2D eigenvalue weighted by Gasteiger charge is -2.08. The van der Waals surface area contributed by atoms with Crippen LogP contribution in [0.2, 0.25) is 0 Å². The van der Waals surface area contributed by atoms with Gasteiger partial charge in [-0.1, -0.05) is 35.5 Å². The fourth-order valence-electron chi connectivity index (χ4n) is 2.64. The summed E-state index contributed by atoms with van der Waals surface area (Å²) in [5.74, 6) is 0.133. The quantitative estimate of drug-likeness (QED) is 0.516. The van der Waals surface area contributed by atoms with E-state index in [2.05, 4.69) is 10.5 Å². The number of benzene rings is 2. The molecule has 1 N–H and O–H groups in total. The van der Waals surface area contributed by atoms with E-state index in [4.69, 9.17) is 9.26 Å². The highest BCUT2D eigenvalue weighted by molar-refractivity contribution is 6.09. The van der Waals surface area contributed by atoms with Crippen LogP contribution in [-0.4, -0.2) is 22.6 Å². The Bertz CT molecular complexity index is 982. The molecule has 0 atom stereocenters. The molecule has 0 saturated heterocycles. The zero-order chi connectivity index (χ0) is 19.4. The number of nitro groups is 1. The first-order chi connectivity index (χ1) is 13.0. The number of rotatable bonds is 6. The molecule has 0 radical (unpaired) electrons. The SMILES string of the molecule is CCOc1ccc(NC(=O)c2c(-c3ccccc3)noc2C)c([N+](=O)[O-])c1. The molecule has 0 bridgehead atoms. The van der Waals surface area contributed by atoms with Crippen LogP contribution in [-0.2, 0) is 0 Å². The summed E-state index contributed by atoms with van der Waals surface area (Å²) in [6.45, 7) is 3.77. The molecule has 0 aliphatic rings. The Kier molecular flexibility index (Phi) is 5.16. The summed E-state index contributed by atoms with van der Waals surface area (Å²) in [6, 6.07) is 13.4. The van der Waals surface area contributed by atoms with Gasteiger partial charge in [0.1, 0.15) is 28.5 Å². The summed E-state index contributed by atoms with van der Waals surface area (Å²) < 4.78 is 10.5. The van der Waals surface area contributed by atoms with Crippen molar-refractivity contribution in [3.63, 3.8) is 0 Å². The van der Waals surface area contributed by atoms with E-state index in [-0.39, 0.29) is 16.9 Å². The van der Waals surface area contributed by atoms with E-state index in [1.807, 2.05) is 18.2 Å². The topological polar surface area (TPSA) is 108 Å². The zero-order valence-corrected chi connectivity index (χ0v) is 14.8. The largest absolute Gasteiger partial charge is 0.494 e. The summed E-state index contributed by atoms with van der Waals surface area (Å²) in [6.07, 6.45) is 0. The average Bonchev–Trinajstić information content (AvgIpc) is 3.05. The minimum absolute atomic E-state index is 0.0630. The number of carbonyl (C=O) groups is 1. The van der Waals surface area contributed by atoms with Crippen molar-refractivity contribution in [3.8, 4) is 17.0 Å². The standard InChI is InChI=1S/C19H17N3O5/c1-3-26-14-9-10-15(16(11-14)22(24)25)20-19(23)17-12(2)27-21-18(17)13-7-5-4-6-8-13/h4-11H,3H2,1-2H3,(H,20,23). The second-order valence-corrected chi connectivity index (χ2v) is 5.65. The van der Waals surface area contributed by atoms with E-state index >= 15 is 0 Å². The predicted molar refractivity (Wildman–Crippen MR) is 98.9 cm³/mol. The maximum absolute atomic E-state index is 12.8. The highest BCUT2D eigenvalue weighted by Gasteiger charge is 2.24. The third kappa shape index (κ3) is 3.79. The molecule has 0 saturated carbocycles. The number of hydrogen-bond donors (Lipinski definition) is 1. The van der Waals surface area contributed by atoms with Gasteiger partial charge in [0.15, 0.2) is 0 Å². The van der Waals surface area contributed by atoms with E-state index in [0.717, 1.165) is 0 Å². The molecule has 0 aliphatic carbocycles. The van der Waals surface area contributed by atoms with Crippen LogP contribution < -0.4 is 10.1 Å². The van der Waals surface area contributed by atoms with E-state index in [0.29, 0.717) is 29.4 Å². The van der Waals surface area contributed by atoms with Crippen molar-refractivity contribution in [1.29, 1.82) is 0 Å². The second-order valence-electron chi connectivity index (χ2n) is 5.65. The van der Waals surface area contributed by atoms with Crippen LogP contribution in [0.1, 0.15) is 23.0 Å². The van der Waals surface area contributed by atoms with Gasteiger partial charge in [-0.15, -0.1) is 0 Å². The smallest absolute Gasteiger partial charge is 0.296 e. The first kappa shape index (κ1) is 18.1. The monoisotopic (exact) mass is 367 g/mol. The number of aromatic nitrogens is 1. The summed E-state index contributed by atoms with van der Waals surface area (Å²) in [4.78, 5) is 23.6. The molecule has 2 aromatic carbocycles. The summed E-state index contributed by atoms with van der Waals surface area (Å²) in [5, 5.41) is 17.9. The molecular formula is C19H17N3O5. The Labute approximate surface area is 154 Å². The maximum Gasteiger partial charge on any atom is 0.296 e. The second kappa shape index (κ2) is 7.69. The molecule has 1 amide bonds. The molecule has 0 fully saturated rings. The van der Waals surface area contributed by atoms with Crippen LogP contribution >= 0.6 is 0 Å². The molecule has 3 rings (SSSR count). The van der Waals surface area contributed by atoms with Crippen molar-refractivity contribution in [3.05, 3.63) is 70.0 Å². The highest BCUT2D eigenvalue weighted by Crippen LogP contribution is 2.31. The van der Waals surface area contributed by atoms with Crippen molar-refractivity contribution in [1.82, 2.24) is 5.16 Å². The van der Waals surface area contributed by atoms with Gasteiger partial charge < -0.3 is 14.6 Å². The molecule has 1 heterocycles. The number of nitrogens with one attached hydrogen (secondary N) is 1. The third-order valence-electron chi connectivity index (χ3n) is 3.86. The summed E-state index contributed by atoms with van der Waals surface area (Å²) >= 11 is 0. The Morgan fingerprint density at radius 2 is 2.00 bits per heavy atom. The predicted octanol–water partition coefficient (Wildman–Crippen LogP) is 4.21. The molecule has 0 spiro atoms. The van der Waals surface area contributed by atoms with Crippen LogP contribution in [0.3, 0.4) is 0 Å². The summed E-state index contributed by atoms with van der Waals surface area (Å²) in [7, 11) is 0. The van der Waals surface area contributed by atoms with Gasteiger partial charge in [0, 0.05) is 5.56 Å². The minimum Gasteiger partial charge on any atom is -0.494 e. The van der Waals surface area contributed by atoms with Crippen LogP contribution in [0.25, 0.3) is 11.3 Å². The average molecular weight is 367 g/mol. The Balaban J connectivity index is 1.95. The number of nitrogens with zero attached hydrogens (tertiary/aromatic N) is 2. The number of ether oxygens (including phenoxy) is 1. The van der Waals surface area contributed by atoms with Gasteiger partial charge in [-0.3, -0.25) is 14.9 Å². The fraction of sp³-hybridized carbons (Fsp3) is 0.158. The highest BCUT2D eigenvalue weighted by atomic mass is 16.6. The Morgan fingerprint density at radius 1 is 1.26 bits per heavy atom. The molecule has 0 aliphatic heterocycles. The number of nitro benzene ring substituents is 1. The first-order valence-electron chi connectivity index (χ1n) is 8.25. The van der Waals surface area contributed by atoms with E-state index in [1.165, 1.54) is 12.1 Å². The first-order valence-corrected chi connectivity index (χ1v) is 8.25. The lowest BCUT2D eigenvalue weighted by Crippen LogP contribution is -2.14. The van der Waals surface area contributed by atoms with Gasteiger partial charge in [-0.05, 0) is 26.0 Å². The van der Waals surface area contributed by atoms with Gasteiger partial charge in [-0.2, -0.15) is 0 Å². The fourth-order valence-corrected chi connectivity index (χ4v) is 2.64.